The lowest BCUT2D eigenvalue weighted by atomic mass is 10.0. The summed E-state index contributed by atoms with van der Waals surface area (Å²) in [4.78, 5) is 13.6. The Bertz CT molecular complexity index is 270. The maximum atomic E-state index is 11.9. The third-order valence-electron chi connectivity index (χ3n) is 3.05. The summed E-state index contributed by atoms with van der Waals surface area (Å²) in [5.41, 5.74) is -0.424. The number of nitrogens with zero attached hydrogens (tertiary/aromatic N) is 1. The summed E-state index contributed by atoms with van der Waals surface area (Å²) in [6, 6.07) is 0. The number of rotatable bonds is 5. The minimum Gasteiger partial charge on any atom is -0.444 e. The van der Waals surface area contributed by atoms with Gasteiger partial charge in [0.15, 0.2) is 0 Å². The predicted octanol–water partition coefficient (Wildman–Crippen LogP) is 2.77. The van der Waals surface area contributed by atoms with E-state index in [1.54, 1.807) is 4.90 Å². The SMILES string of the molecule is [B]CCCCOC1CCN(C(=O)OC(C)(C)C)CC1. The van der Waals surface area contributed by atoms with Crippen molar-refractivity contribution >= 4 is 13.9 Å². The van der Waals surface area contributed by atoms with Crippen molar-refractivity contribution in [2.75, 3.05) is 19.7 Å². The highest BCUT2D eigenvalue weighted by atomic mass is 16.6. The Balaban J connectivity index is 2.19. The second-order valence-electron chi connectivity index (χ2n) is 6.03. The van der Waals surface area contributed by atoms with Crippen LogP contribution in [0, 0.1) is 0 Å². The van der Waals surface area contributed by atoms with E-state index in [9.17, 15) is 4.79 Å². The molecule has 0 N–H and O–H groups in total. The summed E-state index contributed by atoms with van der Waals surface area (Å²) in [5.74, 6) is 0. The molecule has 0 saturated carbocycles. The lowest BCUT2D eigenvalue weighted by Crippen LogP contribution is -2.43. The van der Waals surface area contributed by atoms with Crippen molar-refractivity contribution in [3.05, 3.63) is 0 Å². The normalized spacial score (nSPS) is 17.5. The Kier molecular flexibility index (Phi) is 6.69. The minimum atomic E-state index is -0.424. The van der Waals surface area contributed by atoms with E-state index in [0.29, 0.717) is 0 Å². The fraction of sp³-hybridized carbons (Fsp3) is 0.929. The molecule has 4 nitrogen and oxygen atoms in total. The first-order chi connectivity index (χ1) is 8.92. The van der Waals surface area contributed by atoms with Crippen molar-refractivity contribution in [2.24, 2.45) is 0 Å². The van der Waals surface area contributed by atoms with Crippen LogP contribution in [-0.2, 0) is 9.47 Å². The van der Waals surface area contributed by atoms with Gasteiger partial charge in [-0.15, -0.1) is 0 Å². The van der Waals surface area contributed by atoms with Gasteiger partial charge in [0.05, 0.1) is 14.0 Å². The average Bonchev–Trinajstić information content (AvgIpc) is 2.33. The molecule has 0 aromatic carbocycles. The number of ether oxygens (including phenoxy) is 2. The first kappa shape index (κ1) is 16.3. The van der Waals surface area contributed by atoms with Crippen molar-refractivity contribution in [3.8, 4) is 0 Å². The molecule has 0 aromatic rings. The van der Waals surface area contributed by atoms with E-state index in [1.807, 2.05) is 20.8 Å². The van der Waals surface area contributed by atoms with Gasteiger partial charge >= 0.3 is 6.09 Å². The molecule has 0 bridgehead atoms. The van der Waals surface area contributed by atoms with E-state index in [-0.39, 0.29) is 12.2 Å². The number of carbonyl (C=O) groups is 1. The van der Waals surface area contributed by atoms with Crippen molar-refractivity contribution in [3.63, 3.8) is 0 Å². The Hall–Kier alpha value is -0.705. The highest BCUT2D eigenvalue weighted by Crippen LogP contribution is 2.17. The standard InChI is InChI=1S/C14H26BNO3/c1-14(2,3)19-13(17)16-9-6-12(7-10-16)18-11-5-4-8-15/h12H,4-11H2,1-3H3. The maximum Gasteiger partial charge on any atom is 0.410 e. The van der Waals surface area contributed by atoms with E-state index < -0.39 is 5.60 Å². The molecular formula is C14H26BNO3. The van der Waals surface area contributed by atoms with E-state index in [0.717, 1.165) is 51.7 Å². The van der Waals surface area contributed by atoms with Gasteiger partial charge in [0.25, 0.3) is 0 Å². The highest BCUT2D eigenvalue weighted by molar-refractivity contribution is 6.08. The molecule has 1 aliphatic rings. The molecule has 0 atom stereocenters. The third kappa shape index (κ3) is 6.85. The fourth-order valence-electron chi connectivity index (χ4n) is 2.03. The van der Waals surface area contributed by atoms with Gasteiger partial charge in [-0.1, -0.05) is 12.7 Å². The summed E-state index contributed by atoms with van der Waals surface area (Å²) >= 11 is 0. The van der Waals surface area contributed by atoms with Gasteiger partial charge in [-0.05, 0) is 40.0 Å². The number of hydrogen-bond donors (Lipinski definition) is 0. The molecule has 1 fully saturated rings. The minimum absolute atomic E-state index is 0.214. The van der Waals surface area contributed by atoms with Crippen LogP contribution in [0.2, 0.25) is 6.32 Å². The Morgan fingerprint density at radius 3 is 2.42 bits per heavy atom. The number of carbonyl (C=O) groups excluding carboxylic acids is 1. The van der Waals surface area contributed by atoms with Crippen LogP contribution in [0.25, 0.3) is 0 Å². The first-order valence-electron chi connectivity index (χ1n) is 7.22. The number of amides is 1. The lowest BCUT2D eigenvalue weighted by molar-refractivity contribution is -0.0118. The van der Waals surface area contributed by atoms with Gasteiger partial charge < -0.3 is 14.4 Å². The molecule has 0 aromatic heterocycles. The molecule has 108 valence electrons. The molecule has 1 aliphatic heterocycles. The van der Waals surface area contributed by atoms with Crippen molar-refractivity contribution in [2.45, 2.75) is 64.5 Å². The van der Waals surface area contributed by atoms with Gasteiger partial charge in [0, 0.05) is 19.7 Å². The molecule has 1 amide bonds. The van der Waals surface area contributed by atoms with Gasteiger partial charge in [-0.25, -0.2) is 4.79 Å². The Morgan fingerprint density at radius 1 is 1.26 bits per heavy atom. The van der Waals surface area contributed by atoms with Crippen LogP contribution < -0.4 is 0 Å². The zero-order chi connectivity index (χ0) is 14.3. The van der Waals surface area contributed by atoms with E-state index in [1.165, 1.54) is 0 Å². The number of hydrogen-bond acceptors (Lipinski definition) is 3. The Morgan fingerprint density at radius 2 is 1.89 bits per heavy atom. The zero-order valence-corrected chi connectivity index (χ0v) is 12.5. The maximum absolute atomic E-state index is 11.9. The average molecular weight is 267 g/mol. The number of unbranched alkanes of at least 4 members (excludes halogenated alkanes) is 1. The van der Waals surface area contributed by atoms with Crippen molar-refractivity contribution in [1.82, 2.24) is 4.90 Å². The second kappa shape index (κ2) is 7.78. The first-order valence-corrected chi connectivity index (χ1v) is 7.22. The summed E-state index contributed by atoms with van der Waals surface area (Å²) in [5, 5.41) is 0. The Labute approximate surface area is 118 Å². The van der Waals surface area contributed by atoms with Gasteiger partial charge in [-0.3, -0.25) is 0 Å². The van der Waals surface area contributed by atoms with E-state index in [4.69, 9.17) is 17.3 Å². The van der Waals surface area contributed by atoms with Gasteiger partial charge in [0.1, 0.15) is 5.60 Å². The summed E-state index contributed by atoms with van der Waals surface area (Å²) < 4.78 is 11.1. The summed E-state index contributed by atoms with van der Waals surface area (Å²) in [6.07, 6.45) is 4.59. The van der Waals surface area contributed by atoms with Crippen LogP contribution in [-0.4, -0.2) is 50.2 Å². The second-order valence-corrected chi connectivity index (χ2v) is 6.03. The lowest BCUT2D eigenvalue weighted by Gasteiger charge is -2.33. The number of piperidine rings is 1. The molecule has 5 heteroatoms. The topological polar surface area (TPSA) is 38.8 Å². The molecule has 19 heavy (non-hydrogen) atoms. The molecule has 1 heterocycles. The van der Waals surface area contributed by atoms with Crippen LogP contribution in [0.3, 0.4) is 0 Å². The van der Waals surface area contributed by atoms with Crippen molar-refractivity contribution < 1.29 is 14.3 Å². The molecule has 1 saturated heterocycles. The smallest absolute Gasteiger partial charge is 0.410 e. The van der Waals surface area contributed by atoms with E-state index >= 15 is 0 Å². The van der Waals surface area contributed by atoms with Crippen LogP contribution in [0.15, 0.2) is 0 Å². The molecular weight excluding hydrogens is 241 g/mol. The molecule has 1 rings (SSSR count). The van der Waals surface area contributed by atoms with Crippen LogP contribution in [0.5, 0.6) is 0 Å². The van der Waals surface area contributed by atoms with Crippen molar-refractivity contribution in [1.29, 1.82) is 0 Å². The summed E-state index contributed by atoms with van der Waals surface area (Å²) in [7, 11) is 5.44. The predicted molar refractivity (Wildman–Crippen MR) is 76.6 cm³/mol. The monoisotopic (exact) mass is 267 g/mol. The van der Waals surface area contributed by atoms with Crippen LogP contribution in [0.1, 0.15) is 46.5 Å². The zero-order valence-electron chi connectivity index (χ0n) is 12.5. The molecule has 0 aliphatic carbocycles. The largest absolute Gasteiger partial charge is 0.444 e. The van der Waals surface area contributed by atoms with E-state index in [2.05, 4.69) is 0 Å². The fourth-order valence-corrected chi connectivity index (χ4v) is 2.03. The molecule has 0 unspecified atom stereocenters. The van der Waals surface area contributed by atoms with Crippen LogP contribution in [0.4, 0.5) is 4.79 Å². The molecule has 0 spiro atoms. The van der Waals surface area contributed by atoms with Gasteiger partial charge in [0.2, 0.25) is 0 Å². The van der Waals surface area contributed by atoms with Gasteiger partial charge in [-0.2, -0.15) is 0 Å². The number of likely N-dealkylation sites (tertiary alicyclic amines) is 1. The molecule has 2 radical (unpaired) electrons. The quantitative estimate of drug-likeness (QED) is 0.568. The summed E-state index contributed by atoms with van der Waals surface area (Å²) in [6.45, 7) is 7.87. The third-order valence-corrected chi connectivity index (χ3v) is 3.05. The van der Waals surface area contributed by atoms with Crippen LogP contribution >= 0.6 is 0 Å². The highest BCUT2D eigenvalue weighted by Gasteiger charge is 2.26.